The first kappa shape index (κ1) is 16.1. The van der Waals surface area contributed by atoms with E-state index in [0.29, 0.717) is 5.69 Å². The molecule has 0 unspecified atom stereocenters. The maximum atomic E-state index is 12.1. The second kappa shape index (κ2) is 6.67. The molecule has 118 valence electrons. The molecule has 0 aliphatic carbocycles. The largest absolute Gasteiger partial charge is 0.360 e. The van der Waals surface area contributed by atoms with E-state index in [9.17, 15) is 13.2 Å². The molecule has 2 rings (SSSR count). The van der Waals surface area contributed by atoms with Crippen molar-refractivity contribution in [2.45, 2.75) is 25.2 Å². The molecular weight excluding hydrogens is 308 g/mol. The third-order valence-corrected chi connectivity index (χ3v) is 4.55. The lowest BCUT2D eigenvalue weighted by Crippen LogP contribution is -2.28. The van der Waals surface area contributed by atoms with Crippen LogP contribution in [0.5, 0.6) is 0 Å². The van der Waals surface area contributed by atoms with E-state index in [-0.39, 0.29) is 35.2 Å². The Balaban J connectivity index is 1.89. The Hall–Kier alpha value is -2.26. The number of amides is 1. The van der Waals surface area contributed by atoms with Crippen LogP contribution in [0, 0.1) is 13.8 Å². The van der Waals surface area contributed by atoms with Gasteiger partial charge in [0, 0.05) is 31.0 Å². The average molecular weight is 324 g/mol. The molecule has 0 radical (unpaired) electrons. The highest BCUT2D eigenvalue weighted by Gasteiger charge is 2.23. The highest BCUT2D eigenvalue weighted by molar-refractivity contribution is 7.89. The van der Waals surface area contributed by atoms with Gasteiger partial charge in [-0.1, -0.05) is 5.16 Å². The molecule has 1 amide bonds. The number of rotatable bonds is 6. The molecule has 0 saturated carbocycles. The first-order valence-corrected chi connectivity index (χ1v) is 8.01. The number of carbonyl (C=O) groups is 1. The van der Waals surface area contributed by atoms with Gasteiger partial charge in [-0.15, -0.1) is 0 Å². The summed E-state index contributed by atoms with van der Waals surface area (Å²) >= 11 is 0. The Kier molecular flexibility index (Phi) is 4.88. The second-order valence-electron chi connectivity index (χ2n) is 4.59. The second-order valence-corrected chi connectivity index (χ2v) is 6.29. The fourth-order valence-electron chi connectivity index (χ4n) is 1.89. The van der Waals surface area contributed by atoms with Gasteiger partial charge in [-0.05, 0) is 26.0 Å². The summed E-state index contributed by atoms with van der Waals surface area (Å²) in [4.78, 5) is 15.6. The van der Waals surface area contributed by atoms with Gasteiger partial charge in [-0.3, -0.25) is 9.78 Å². The number of carbonyl (C=O) groups excluding carboxylic acids is 1. The normalized spacial score (nSPS) is 11.4. The molecule has 0 saturated heterocycles. The number of aromatic nitrogens is 2. The maximum absolute atomic E-state index is 12.1. The molecule has 2 aromatic heterocycles. The van der Waals surface area contributed by atoms with Gasteiger partial charge in [0.15, 0.2) is 5.76 Å². The van der Waals surface area contributed by atoms with Crippen LogP contribution in [0.25, 0.3) is 0 Å². The van der Waals surface area contributed by atoms with Crippen molar-refractivity contribution >= 4 is 21.6 Å². The molecule has 0 spiro atoms. The smallest absolute Gasteiger partial charge is 0.245 e. The fourth-order valence-corrected chi connectivity index (χ4v) is 3.25. The van der Waals surface area contributed by atoms with Gasteiger partial charge in [-0.25, -0.2) is 13.1 Å². The van der Waals surface area contributed by atoms with Crippen molar-refractivity contribution in [1.29, 1.82) is 0 Å². The van der Waals surface area contributed by atoms with Crippen molar-refractivity contribution in [3.63, 3.8) is 0 Å². The molecule has 2 heterocycles. The zero-order valence-electron chi connectivity index (χ0n) is 12.2. The molecule has 0 aromatic carbocycles. The molecule has 2 N–H and O–H groups in total. The van der Waals surface area contributed by atoms with Crippen LogP contribution in [0.15, 0.2) is 33.9 Å². The topological polar surface area (TPSA) is 114 Å². The zero-order valence-corrected chi connectivity index (χ0v) is 13.0. The third kappa shape index (κ3) is 3.89. The van der Waals surface area contributed by atoms with Crippen molar-refractivity contribution in [3.8, 4) is 0 Å². The van der Waals surface area contributed by atoms with Gasteiger partial charge >= 0.3 is 0 Å². The number of anilines is 1. The minimum Gasteiger partial charge on any atom is -0.360 e. The zero-order chi connectivity index (χ0) is 16.2. The lowest BCUT2D eigenvalue weighted by Gasteiger charge is -2.07. The standard InChI is InChI=1S/C13H16N4O4S/c1-9-13(10(2)21-17-9)22(19,20)15-8-5-12(18)16-11-3-6-14-7-4-11/h3-4,6-7,15H,5,8H2,1-2H3,(H,14,16,18). The van der Waals surface area contributed by atoms with E-state index in [1.807, 2.05) is 0 Å². The van der Waals surface area contributed by atoms with Crippen LogP contribution < -0.4 is 10.0 Å². The number of hydrogen-bond donors (Lipinski definition) is 2. The van der Waals surface area contributed by atoms with Crippen LogP contribution in [0.2, 0.25) is 0 Å². The Morgan fingerprint density at radius 3 is 2.55 bits per heavy atom. The lowest BCUT2D eigenvalue weighted by atomic mass is 10.3. The molecule has 0 bridgehead atoms. The van der Waals surface area contributed by atoms with E-state index in [0.717, 1.165) is 0 Å². The van der Waals surface area contributed by atoms with Gasteiger partial charge in [0.2, 0.25) is 15.9 Å². The minimum absolute atomic E-state index is 0.00489. The van der Waals surface area contributed by atoms with E-state index in [1.165, 1.54) is 6.92 Å². The number of hydrogen-bond acceptors (Lipinski definition) is 6. The molecular formula is C13H16N4O4S. The van der Waals surface area contributed by atoms with E-state index in [2.05, 4.69) is 20.2 Å². The summed E-state index contributed by atoms with van der Waals surface area (Å²) in [6.45, 7) is 3.04. The summed E-state index contributed by atoms with van der Waals surface area (Å²) in [7, 11) is -3.74. The highest BCUT2D eigenvalue weighted by atomic mass is 32.2. The predicted molar refractivity (Wildman–Crippen MR) is 78.6 cm³/mol. The third-order valence-electron chi connectivity index (χ3n) is 2.84. The predicted octanol–water partition coefficient (Wildman–Crippen LogP) is 0.994. The monoisotopic (exact) mass is 324 g/mol. The summed E-state index contributed by atoms with van der Waals surface area (Å²) in [6, 6.07) is 3.29. The lowest BCUT2D eigenvalue weighted by molar-refractivity contribution is -0.116. The van der Waals surface area contributed by atoms with E-state index >= 15 is 0 Å². The van der Waals surface area contributed by atoms with E-state index < -0.39 is 10.0 Å². The Bertz CT molecular complexity index is 736. The number of pyridine rings is 1. The van der Waals surface area contributed by atoms with Crippen molar-refractivity contribution < 1.29 is 17.7 Å². The molecule has 2 aromatic rings. The molecule has 0 aliphatic heterocycles. The van der Waals surface area contributed by atoms with Crippen molar-refractivity contribution in [3.05, 3.63) is 36.0 Å². The van der Waals surface area contributed by atoms with Gasteiger partial charge in [0.25, 0.3) is 0 Å². The first-order chi connectivity index (χ1) is 10.4. The Labute approximate surface area is 128 Å². The molecule has 0 fully saturated rings. The van der Waals surface area contributed by atoms with E-state index in [1.54, 1.807) is 31.5 Å². The van der Waals surface area contributed by atoms with Crippen LogP contribution >= 0.6 is 0 Å². The van der Waals surface area contributed by atoms with E-state index in [4.69, 9.17) is 4.52 Å². The molecule has 0 atom stereocenters. The Morgan fingerprint density at radius 1 is 1.27 bits per heavy atom. The van der Waals surface area contributed by atoms with Crippen LogP contribution in [0.3, 0.4) is 0 Å². The van der Waals surface area contributed by atoms with Crippen LogP contribution in [0.4, 0.5) is 5.69 Å². The van der Waals surface area contributed by atoms with Crippen LogP contribution in [0.1, 0.15) is 17.9 Å². The van der Waals surface area contributed by atoms with Crippen LogP contribution in [-0.2, 0) is 14.8 Å². The molecule has 22 heavy (non-hydrogen) atoms. The number of aryl methyl sites for hydroxylation is 2. The summed E-state index contributed by atoms with van der Waals surface area (Å²) in [5.74, 6) is -0.0844. The number of nitrogens with zero attached hydrogens (tertiary/aromatic N) is 2. The van der Waals surface area contributed by atoms with Crippen molar-refractivity contribution in [2.24, 2.45) is 0 Å². The van der Waals surface area contributed by atoms with Gasteiger partial charge in [0.05, 0.1) is 0 Å². The average Bonchev–Trinajstić information content (AvgIpc) is 2.79. The first-order valence-electron chi connectivity index (χ1n) is 6.52. The summed E-state index contributed by atoms with van der Waals surface area (Å²) in [5.41, 5.74) is 0.889. The number of nitrogens with one attached hydrogen (secondary N) is 2. The van der Waals surface area contributed by atoms with Crippen molar-refractivity contribution in [1.82, 2.24) is 14.9 Å². The summed E-state index contributed by atoms with van der Waals surface area (Å²) in [5, 5.41) is 6.24. The molecule has 8 nitrogen and oxygen atoms in total. The van der Waals surface area contributed by atoms with Gasteiger partial charge in [0.1, 0.15) is 10.6 Å². The molecule has 9 heteroatoms. The molecule has 0 aliphatic rings. The minimum atomic E-state index is -3.74. The summed E-state index contributed by atoms with van der Waals surface area (Å²) < 4.78 is 31.4. The van der Waals surface area contributed by atoms with Gasteiger partial charge in [-0.2, -0.15) is 0 Å². The van der Waals surface area contributed by atoms with Crippen molar-refractivity contribution in [2.75, 3.05) is 11.9 Å². The highest BCUT2D eigenvalue weighted by Crippen LogP contribution is 2.18. The number of sulfonamides is 1. The fraction of sp³-hybridized carbons (Fsp3) is 0.308. The Morgan fingerprint density at radius 2 is 1.95 bits per heavy atom. The van der Waals surface area contributed by atoms with Gasteiger partial charge < -0.3 is 9.84 Å². The quantitative estimate of drug-likeness (QED) is 0.819. The SMILES string of the molecule is Cc1noc(C)c1S(=O)(=O)NCCC(=O)Nc1ccncc1. The summed E-state index contributed by atoms with van der Waals surface area (Å²) in [6.07, 6.45) is 3.11. The maximum Gasteiger partial charge on any atom is 0.245 e. The van der Waals surface area contributed by atoms with Crippen LogP contribution in [-0.4, -0.2) is 31.0 Å².